The van der Waals surface area contributed by atoms with Crippen molar-refractivity contribution in [1.29, 1.82) is 5.26 Å². The van der Waals surface area contributed by atoms with Crippen LogP contribution in [0.1, 0.15) is 5.56 Å². The summed E-state index contributed by atoms with van der Waals surface area (Å²) in [6, 6.07) is 9.13. The van der Waals surface area contributed by atoms with Crippen molar-refractivity contribution in [3.05, 3.63) is 42.5 Å². The van der Waals surface area contributed by atoms with Crippen LogP contribution in [0.4, 0.5) is 11.5 Å². The van der Waals surface area contributed by atoms with E-state index in [0.29, 0.717) is 27.9 Å². The van der Waals surface area contributed by atoms with E-state index in [4.69, 9.17) is 5.11 Å². The van der Waals surface area contributed by atoms with E-state index in [-0.39, 0.29) is 24.6 Å². The molecule has 7 nitrogen and oxygen atoms in total. The molecule has 8 heteroatoms. The number of benzene rings is 1. The van der Waals surface area contributed by atoms with E-state index in [1.54, 1.807) is 24.3 Å². The molecular weight excluding hydrogens is 338 g/mol. The highest BCUT2D eigenvalue weighted by molar-refractivity contribution is 7.98. The summed E-state index contributed by atoms with van der Waals surface area (Å²) in [7, 11) is 0. The summed E-state index contributed by atoms with van der Waals surface area (Å²) in [5.74, 6) is 0.0434. The molecule has 2 rings (SSSR count). The summed E-state index contributed by atoms with van der Waals surface area (Å²) in [6.45, 7) is 3.61. The van der Waals surface area contributed by atoms with Gasteiger partial charge in [0.1, 0.15) is 17.5 Å². The molecule has 25 heavy (non-hydrogen) atoms. The minimum Gasteiger partial charge on any atom is -0.395 e. The SMILES string of the molecule is C=CC(=O)Nc1cccc(-c2nc(SC)nc(NCCO)c2C#N)c1. The summed E-state index contributed by atoms with van der Waals surface area (Å²) in [4.78, 5) is 20.2. The lowest BCUT2D eigenvalue weighted by atomic mass is 10.1. The van der Waals surface area contributed by atoms with Gasteiger partial charge in [-0.15, -0.1) is 0 Å². The van der Waals surface area contributed by atoms with Gasteiger partial charge < -0.3 is 15.7 Å². The van der Waals surface area contributed by atoms with Crippen molar-refractivity contribution < 1.29 is 9.90 Å². The van der Waals surface area contributed by atoms with Gasteiger partial charge in [0.2, 0.25) is 5.91 Å². The van der Waals surface area contributed by atoms with E-state index in [0.717, 1.165) is 0 Å². The first kappa shape index (κ1) is 18.4. The Labute approximate surface area is 149 Å². The highest BCUT2D eigenvalue weighted by Crippen LogP contribution is 2.29. The average Bonchev–Trinajstić information content (AvgIpc) is 2.65. The maximum absolute atomic E-state index is 11.5. The topological polar surface area (TPSA) is 111 Å². The van der Waals surface area contributed by atoms with E-state index in [1.165, 1.54) is 17.8 Å². The molecule has 128 valence electrons. The fraction of sp³-hybridized carbons (Fsp3) is 0.176. The molecule has 0 aliphatic carbocycles. The molecule has 0 aliphatic heterocycles. The number of aliphatic hydroxyl groups is 1. The van der Waals surface area contributed by atoms with Gasteiger partial charge in [0.15, 0.2) is 5.16 Å². The van der Waals surface area contributed by atoms with E-state index < -0.39 is 0 Å². The number of nitrogens with one attached hydrogen (secondary N) is 2. The number of anilines is 2. The van der Waals surface area contributed by atoms with Crippen molar-refractivity contribution in [1.82, 2.24) is 9.97 Å². The number of amides is 1. The Morgan fingerprint density at radius 3 is 2.92 bits per heavy atom. The standard InChI is InChI=1S/C17H17N5O2S/c1-3-14(24)20-12-6-4-5-11(9-12)15-13(10-18)16(19-7-8-23)22-17(21-15)25-2/h3-6,9,23H,1,7-8H2,2H3,(H,20,24)(H,19,21,22). The van der Waals surface area contributed by atoms with E-state index >= 15 is 0 Å². The monoisotopic (exact) mass is 355 g/mol. The fourth-order valence-electron chi connectivity index (χ4n) is 2.09. The molecule has 3 N–H and O–H groups in total. The largest absolute Gasteiger partial charge is 0.395 e. The second-order valence-electron chi connectivity index (χ2n) is 4.82. The molecule has 2 aromatic rings. The first-order valence-electron chi connectivity index (χ1n) is 7.37. The van der Waals surface area contributed by atoms with Crippen LogP contribution in [0.2, 0.25) is 0 Å². The number of carbonyl (C=O) groups excluding carboxylic acids is 1. The van der Waals surface area contributed by atoms with Gasteiger partial charge in [-0.2, -0.15) is 5.26 Å². The maximum Gasteiger partial charge on any atom is 0.247 e. The zero-order valence-electron chi connectivity index (χ0n) is 13.6. The van der Waals surface area contributed by atoms with Crippen molar-refractivity contribution in [3.8, 4) is 17.3 Å². The minimum atomic E-state index is -0.324. The summed E-state index contributed by atoms with van der Waals surface area (Å²) >= 11 is 1.35. The van der Waals surface area contributed by atoms with Crippen molar-refractivity contribution in [2.45, 2.75) is 5.16 Å². The predicted octanol–water partition coefficient (Wildman–Crippen LogP) is 2.27. The van der Waals surface area contributed by atoms with Crippen LogP contribution in [-0.4, -0.2) is 40.4 Å². The summed E-state index contributed by atoms with van der Waals surface area (Å²) in [6.07, 6.45) is 3.02. The quantitative estimate of drug-likeness (QED) is 0.397. The van der Waals surface area contributed by atoms with Gasteiger partial charge in [0.05, 0.1) is 12.3 Å². The Hall–Kier alpha value is -2.89. The van der Waals surface area contributed by atoms with Gasteiger partial charge in [0.25, 0.3) is 0 Å². The number of aliphatic hydroxyl groups excluding tert-OH is 1. The lowest BCUT2D eigenvalue weighted by Crippen LogP contribution is -2.11. The van der Waals surface area contributed by atoms with Crippen LogP contribution in [0.3, 0.4) is 0 Å². The number of hydrogen-bond acceptors (Lipinski definition) is 7. The zero-order valence-corrected chi connectivity index (χ0v) is 14.4. The summed E-state index contributed by atoms with van der Waals surface area (Å²) in [5, 5.41) is 24.7. The highest BCUT2D eigenvalue weighted by Gasteiger charge is 2.16. The first-order valence-corrected chi connectivity index (χ1v) is 8.60. The molecule has 1 aromatic heterocycles. The Kier molecular flexibility index (Phi) is 6.51. The fourth-order valence-corrected chi connectivity index (χ4v) is 2.45. The van der Waals surface area contributed by atoms with Crippen molar-refractivity contribution >= 4 is 29.2 Å². The Morgan fingerprint density at radius 2 is 2.28 bits per heavy atom. The third-order valence-electron chi connectivity index (χ3n) is 3.18. The van der Waals surface area contributed by atoms with Gasteiger partial charge in [-0.1, -0.05) is 30.5 Å². The van der Waals surface area contributed by atoms with Crippen LogP contribution in [0.5, 0.6) is 0 Å². The number of nitrogens with zero attached hydrogens (tertiary/aromatic N) is 3. The molecular formula is C17H17N5O2S. The minimum absolute atomic E-state index is 0.0815. The normalized spacial score (nSPS) is 9.96. The summed E-state index contributed by atoms with van der Waals surface area (Å²) < 4.78 is 0. The third-order valence-corrected chi connectivity index (χ3v) is 3.72. The molecule has 1 aromatic carbocycles. The molecule has 0 bridgehead atoms. The molecule has 1 heterocycles. The van der Waals surface area contributed by atoms with Gasteiger partial charge in [-0.3, -0.25) is 4.79 Å². The molecule has 0 aliphatic rings. The van der Waals surface area contributed by atoms with Gasteiger partial charge in [0, 0.05) is 17.8 Å². The number of nitriles is 1. The van der Waals surface area contributed by atoms with Crippen LogP contribution >= 0.6 is 11.8 Å². The average molecular weight is 355 g/mol. The first-order chi connectivity index (χ1) is 12.1. The lowest BCUT2D eigenvalue weighted by Gasteiger charge is -2.12. The van der Waals surface area contributed by atoms with Gasteiger partial charge in [-0.25, -0.2) is 9.97 Å². The number of hydrogen-bond donors (Lipinski definition) is 3. The number of rotatable bonds is 7. The van der Waals surface area contributed by atoms with Crippen LogP contribution < -0.4 is 10.6 Å². The number of thioether (sulfide) groups is 1. The third kappa shape index (κ3) is 4.56. The molecule has 0 unspecified atom stereocenters. The lowest BCUT2D eigenvalue weighted by molar-refractivity contribution is -0.111. The van der Waals surface area contributed by atoms with Crippen molar-refractivity contribution in [2.75, 3.05) is 30.0 Å². The molecule has 0 saturated heterocycles. The molecule has 0 saturated carbocycles. The second kappa shape index (κ2) is 8.82. The molecule has 0 spiro atoms. The second-order valence-corrected chi connectivity index (χ2v) is 5.59. The molecule has 1 amide bonds. The van der Waals surface area contributed by atoms with Gasteiger partial charge >= 0.3 is 0 Å². The van der Waals surface area contributed by atoms with Crippen molar-refractivity contribution in [3.63, 3.8) is 0 Å². The van der Waals surface area contributed by atoms with Crippen LogP contribution in [0, 0.1) is 11.3 Å². The number of aromatic nitrogens is 2. The molecule has 0 radical (unpaired) electrons. The Morgan fingerprint density at radius 1 is 1.48 bits per heavy atom. The maximum atomic E-state index is 11.5. The van der Waals surface area contributed by atoms with Crippen LogP contribution in [0.25, 0.3) is 11.3 Å². The summed E-state index contributed by atoms with van der Waals surface area (Å²) in [5.41, 5.74) is 1.97. The molecule has 0 atom stereocenters. The van der Waals surface area contributed by atoms with E-state index in [2.05, 4.69) is 33.2 Å². The van der Waals surface area contributed by atoms with Crippen molar-refractivity contribution in [2.24, 2.45) is 0 Å². The van der Waals surface area contributed by atoms with Gasteiger partial charge in [-0.05, 0) is 24.5 Å². The van der Waals surface area contributed by atoms with E-state index in [1.807, 2.05) is 6.26 Å². The Bertz CT molecular complexity index is 832. The number of carbonyl (C=O) groups is 1. The Balaban J connectivity index is 2.53. The van der Waals surface area contributed by atoms with Crippen LogP contribution in [0.15, 0.2) is 42.1 Å². The van der Waals surface area contributed by atoms with Crippen LogP contribution in [-0.2, 0) is 4.79 Å². The predicted molar refractivity (Wildman–Crippen MR) is 98.4 cm³/mol. The smallest absolute Gasteiger partial charge is 0.247 e. The van der Waals surface area contributed by atoms with E-state index in [9.17, 15) is 10.1 Å². The molecule has 0 fully saturated rings. The zero-order chi connectivity index (χ0) is 18.2. The highest BCUT2D eigenvalue weighted by atomic mass is 32.2.